The molecule has 0 bridgehead atoms. The van der Waals surface area contributed by atoms with Crippen molar-refractivity contribution >= 4 is 66.0 Å². The summed E-state index contributed by atoms with van der Waals surface area (Å²) in [5, 5.41) is 27.8. The molecule has 16 heteroatoms. The smallest absolute Gasteiger partial charge is 0.323 e. The molecule has 226 valence electrons. The molecule has 1 fully saturated rings. The zero-order valence-corrected chi connectivity index (χ0v) is 24.1. The highest BCUT2D eigenvalue weighted by Gasteiger charge is 2.54. The number of nitrogens with two attached hydrogens (primary N) is 2. The van der Waals surface area contributed by atoms with Crippen LogP contribution in [0.25, 0.3) is 0 Å². The van der Waals surface area contributed by atoms with Gasteiger partial charge in [-0.3, -0.25) is 40.2 Å². The number of ketones is 1. The molecule has 0 radical (unpaired) electrons. The van der Waals surface area contributed by atoms with Gasteiger partial charge in [-0.05, 0) is 36.8 Å². The Labute approximate surface area is 253 Å². The van der Waals surface area contributed by atoms with Crippen LogP contribution >= 0.6 is 24.8 Å². The van der Waals surface area contributed by atoms with Gasteiger partial charge in [0.25, 0.3) is 17.7 Å². The number of aliphatic carboxylic acids is 1. The van der Waals surface area contributed by atoms with E-state index in [1.54, 1.807) is 12.1 Å². The minimum atomic E-state index is -2.13. The molecule has 9 N–H and O–H groups in total. The summed E-state index contributed by atoms with van der Waals surface area (Å²) in [6.45, 7) is -0.324. The Morgan fingerprint density at radius 3 is 1.93 bits per heavy atom. The molecule has 42 heavy (non-hydrogen) atoms. The standard InChI is InChI=1S/C26H30N8O6.2ClH/c1-15(35)26(14-31-23(38)18-4-2-16(3-5-18)12-20(27)28)25(40)33(13-21(36)37)10-11-34(26)32-24(39)19-8-6-17(7-9-19)22(29)30;;/h2-9H,10-14H2,1H3,(H3,27,28)(H3,29,30)(H,31,38)(H,32,39)(H,36,37);2*1H/t26-;;/m0../s1. The van der Waals surface area contributed by atoms with Crippen LogP contribution in [-0.2, 0) is 20.8 Å². The second-order valence-electron chi connectivity index (χ2n) is 9.20. The summed E-state index contributed by atoms with van der Waals surface area (Å²) in [6.07, 6.45) is 0.204. The van der Waals surface area contributed by atoms with E-state index in [0.717, 1.165) is 16.8 Å². The fourth-order valence-electron chi connectivity index (χ4n) is 4.28. The fraction of sp³-hybridized carbons (Fsp3) is 0.269. The number of nitrogen functional groups attached to an aromatic ring is 1. The third-order valence-corrected chi connectivity index (χ3v) is 6.41. The van der Waals surface area contributed by atoms with E-state index in [4.69, 9.17) is 22.3 Å². The van der Waals surface area contributed by atoms with E-state index in [9.17, 15) is 29.1 Å². The van der Waals surface area contributed by atoms with Gasteiger partial charge in [-0.25, -0.2) is 0 Å². The monoisotopic (exact) mass is 622 g/mol. The van der Waals surface area contributed by atoms with Crippen LogP contribution in [0.4, 0.5) is 0 Å². The number of nitrogens with zero attached hydrogens (tertiary/aromatic N) is 2. The van der Waals surface area contributed by atoms with Crippen LogP contribution in [0.2, 0.25) is 0 Å². The first-order valence-electron chi connectivity index (χ1n) is 12.1. The first-order chi connectivity index (χ1) is 18.8. The first kappa shape index (κ1) is 35.5. The molecule has 0 spiro atoms. The van der Waals surface area contributed by atoms with E-state index >= 15 is 0 Å². The molecule has 0 aromatic heterocycles. The quantitative estimate of drug-likeness (QED) is 0.101. The van der Waals surface area contributed by atoms with Crippen LogP contribution in [-0.4, -0.2) is 87.9 Å². The van der Waals surface area contributed by atoms with Crippen LogP contribution in [0.5, 0.6) is 0 Å². The zero-order chi connectivity index (χ0) is 29.6. The highest BCUT2D eigenvalue weighted by molar-refractivity contribution is 6.12. The van der Waals surface area contributed by atoms with Crippen molar-refractivity contribution in [3.05, 3.63) is 70.8 Å². The number of nitrogens with one attached hydrogen (secondary N) is 4. The topological polar surface area (TPSA) is 236 Å². The molecule has 0 unspecified atom stereocenters. The van der Waals surface area contributed by atoms with E-state index in [-0.39, 0.29) is 67.1 Å². The lowest BCUT2D eigenvalue weighted by Gasteiger charge is -2.47. The third-order valence-electron chi connectivity index (χ3n) is 6.41. The van der Waals surface area contributed by atoms with Crippen molar-refractivity contribution in [1.29, 1.82) is 10.8 Å². The average Bonchev–Trinajstić information content (AvgIpc) is 2.89. The third kappa shape index (κ3) is 8.02. The molecule has 1 heterocycles. The van der Waals surface area contributed by atoms with Crippen molar-refractivity contribution in [1.82, 2.24) is 20.7 Å². The Hall–Kier alpha value is -4.53. The van der Waals surface area contributed by atoms with Crippen molar-refractivity contribution in [2.24, 2.45) is 11.5 Å². The highest BCUT2D eigenvalue weighted by atomic mass is 35.5. The Balaban J connectivity index is 0.00000441. The molecule has 0 saturated carbocycles. The van der Waals surface area contributed by atoms with Gasteiger partial charge < -0.3 is 26.8 Å². The molecule has 0 aliphatic carbocycles. The van der Waals surface area contributed by atoms with Gasteiger partial charge in [0.1, 0.15) is 12.4 Å². The lowest BCUT2D eigenvalue weighted by Crippen LogP contribution is -2.76. The summed E-state index contributed by atoms with van der Waals surface area (Å²) in [5.74, 6) is -4.43. The van der Waals surface area contributed by atoms with E-state index in [1.165, 1.54) is 36.4 Å². The summed E-state index contributed by atoms with van der Waals surface area (Å²) >= 11 is 0. The molecular weight excluding hydrogens is 591 g/mol. The number of carboxylic acid groups (broad SMARTS) is 1. The Kier molecular flexibility index (Phi) is 12.6. The van der Waals surface area contributed by atoms with Gasteiger partial charge in [0.2, 0.25) is 0 Å². The van der Waals surface area contributed by atoms with Crippen LogP contribution in [0.15, 0.2) is 48.5 Å². The van der Waals surface area contributed by atoms with Gasteiger partial charge in [-0.15, -0.1) is 24.8 Å². The number of carboxylic acids is 1. The van der Waals surface area contributed by atoms with Crippen molar-refractivity contribution in [2.75, 3.05) is 26.2 Å². The number of carbonyl (C=O) groups excluding carboxylic acids is 4. The number of amidine groups is 2. The second kappa shape index (κ2) is 14.9. The molecule has 3 rings (SSSR count). The maximum atomic E-state index is 13.6. The first-order valence-corrected chi connectivity index (χ1v) is 12.1. The number of hydrazine groups is 1. The molecule has 3 amide bonds. The number of piperazine rings is 1. The van der Waals surface area contributed by atoms with Gasteiger partial charge in [0.15, 0.2) is 11.3 Å². The minimum absolute atomic E-state index is 0. The van der Waals surface area contributed by atoms with Gasteiger partial charge in [-0.1, -0.05) is 24.3 Å². The molecule has 1 aliphatic rings. The molecule has 1 atom stereocenters. The lowest BCUT2D eigenvalue weighted by atomic mass is 9.89. The van der Waals surface area contributed by atoms with Gasteiger partial charge in [0, 0.05) is 36.2 Å². The number of hydrogen-bond donors (Lipinski definition) is 7. The number of Topliss-reactive ketones (excluding diaryl/α,β-unsaturated/α-hetero) is 1. The highest BCUT2D eigenvalue weighted by Crippen LogP contribution is 2.24. The molecule has 14 nitrogen and oxygen atoms in total. The summed E-state index contributed by atoms with van der Waals surface area (Å²) in [7, 11) is 0. The Bertz CT molecular complexity index is 1370. The van der Waals surface area contributed by atoms with Crippen LogP contribution in [0.3, 0.4) is 0 Å². The van der Waals surface area contributed by atoms with Crippen molar-refractivity contribution in [2.45, 2.75) is 18.9 Å². The maximum absolute atomic E-state index is 13.6. The number of rotatable bonds is 11. The second-order valence-corrected chi connectivity index (χ2v) is 9.20. The molecule has 1 saturated heterocycles. The Morgan fingerprint density at radius 1 is 0.905 bits per heavy atom. The van der Waals surface area contributed by atoms with E-state index in [0.29, 0.717) is 11.1 Å². The van der Waals surface area contributed by atoms with E-state index in [2.05, 4.69) is 10.7 Å². The van der Waals surface area contributed by atoms with Crippen LogP contribution in [0, 0.1) is 10.8 Å². The average molecular weight is 623 g/mol. The zero-order valence-electron chi connectivity index (χ0n) is 22.5. The van der Waals surface area contributed by atoms with E-state index in [1.807, 2.05) is 0 Å². The summed E-state index contributed by atoms with van der Waals surface area (Å²) in [6, 6.07) is 12.0. The van der Waals surface area contributed by atoms with Crippen molar-refractivity contribution < 1.29 is 29.1 Å². The number of halogens is 2. The van der Waals surface area contributed by atoms with Crippen molar-refractivity contribution in [3.8, 4) is 0 Å². The van der Waals surface area contributed by atoms with Crippen LogP contribution < -0.4 is 22.2 Å². The normalized spacial score (nSPS) is 16.3. The van der Waals surface area contributed by atoms with Gasteiger partial charge >= 0.3 is 5.97 Å². The number of hydrogen-bond acceptors (Lipinski definition) is 8. The minimum Gasteiger partial charge on any atom is -0.480 e. The summed E-state index contributed by atoms with van der Waals surface area (Å²) in [4.78, 5) is 65.1. The fourth-order valence-corrected chi connectivity index (χ4v) is 4.28. The Morgan fingerprint density at radius 2 is 1.43 bits per heavy atom. The van der Waals surface area contributed by atoms with Crippen molar-refractivity contribution in [3.63, 3.8) is 0 Å². The lowest BCUT2D eigenvalue weighted by molar-refractivity contribution is -0.164. The predicted octanol–water partition coefficient (Wildman–Crippen LogP) is -0.0759. The summed E-state index contributed by atoms with van der Waals surface area (Å²) < 4.78 is 0. The number of amides is 3. The maximum Gasteiger partial charge on any atom is 0.323 e. The molecule has 2 aromatic rings. The van der Waals surface area contributed by atoms with E-state index < -0.39 is 48.1 Å². The SMILES string of the molecule is CC(=O)[C@@]1(CNC(=O)c2ccc(CC(=N)N)cc2)C(=O)N(CC(=O)O)CCN1NC(=O)c1ccc(C(=N)N)cc1.Cl.Cl. The number of carbonyl (C=O) groups is 5. The summed E-state index contributed by atoms with van der Waals surface area (Å²) in [5.41, 5.74) is 12.7. The molecular formula is C26H32Cl2N8O6. The van der Waals surface area contributed by atoms with Gasteiger partial charge in [0.05, 0.1) is 12.4 Å². The molecule has 1 aliphatic heterocycles. The van der Waals surface area contributed by atoms with Crippen LogP contribution in [0.1, 0.15) is 38.8 Å². The molecule has 2 aromatic carbocycles. The van der Waals surface area contributed by atoms with Gasteiger partial charge in [-0.2, -0.15) is 5.01 Å². The largest absolute Gasteiger partial charge is 0.480 e. The number of benzene rings is 2. The predicted molar refractivity (Wildman–Crippen MR) is 158 cm³/mol.